The number of ether oxygens (including phenoxy) is 1. The van der Waals surface area contributed by atoms with Crippen molar-refractivity contribution in [3.8, 4) is 0 Å². The molecule has 0 saturated carbocycles. The van der Waals surface area contributed by atoms with E-state index in [2.05, 4.69) is 37.9 Å². The van der Waals surface area contributed by atoms with Crippen molar-refractivity contribution >= 4 is 17.9 Å². The number of cyclic esters (lactones) is 1. The van der Waals surface area contributed by atoms with E-state index in [1.54, 1.807) is 6.08 Å². The van der Waals surface area contributed by atoms with Gasteiger partial charge in [0.15, 0.2) is 5.70 Å². The molecule has 0 amide bonds. The molecule has 1 aliphatic rings. The van der Waals surface area contributed by atoms with Crippen LogP contribution in [0.25, 0.3) is 6.08 Å². The number of rotatable bonds is 2. The van der Waals surface area contributed by atoms with Crippen LogP contribution in [0.1, 0.15) is 43.0 Å². The van der Waals surface area contributed by atoms with Crippen LogP contribution in [0.3, 0.4) is 0 Å². The maximum atomic E-state index is 12.1. The highest BCUT2D eigenvalue weighted by Crippen LogP contribution is 2.24. The molecule has 0 spiro atoms. The first-order valence-electron chi connectivity index (χ1n) is 8.04. The molecule has 0 atom stereocenters. The van der Waals surface area contributed by atoms with Gasteiger partial charge in [-0.2, -0.15) is 0 Å². The molecule has 1 aliphatic heterocycles. The molecule has 3 nitrogen and oxygen atoms in total. The van der Waals surface area contributed by atoms with Gasteiger partial charge in [0, 0.05) is 5.56 Å². The average molecular weight is 319 g/mol. The number of hydrogen-bond donors (Lipinski definition) is 0. The van der Waals surface area contributed by atoms with Crippen molar-refractivity contribution in [1.29, 1.82) is 0 Å². The third kappa shape index (κ3) is 3.30. The predicted molar refractivity (Wildman–Crippen MR) is 96.9 cm³/mol. The summed E-state index contributed by atoms with van der Waals surface area (Å²) in [5.41, 5.74) is 4.50. The zero-order chi connectivity index (χ0) is 17.3. The highest BCUT2D eigenvalue weighted by Gasteiger charge is 2.25. The first-order chi connectivity index (χ1) is 11.3. The molecule has 0 fully saturated rings. The van der Waals surface area contributed by atoms with Crippen molar-refractivity contribution in [1.82, 2.24) is 0 Å². The average Bonchev–Trinajstić information content (AvgIpc) is 2.88. The molecule has 3 heteroatoms. The van der Waals surface area contributed by atoms with E-state index in [1.165, 1.54) is 5.56 Å². The molecule has 1 heterocycles. The number of aliphatic imine (C=N–C) groups is 1. The third-order valence-corrected chi connectivity index (χ3v) is 4.08. The van der Waals surface area contributed by atoms with Crippen molar-refractivity contribution in [3.05, 3.63) is 76.5 Å². The largest absolute Gasteiger partial charge is 0.402 e. The van der Waals surface area contributed by atoms with Gasteiger partial charge in [-0.15, -0.1) is 0 Å². The van der Waals surface area contributed by atoms with Crippen LogP contribution < -0.4 is 0 Å². The summed E-state index contributed by atoms with van der Waals surface area (Å²) in [5, 5.41) is 0. The van der Waals surface area contributed by atoms with Crippen molar-refractivity contribution < 1.29 is 9.53 Å². The van der Waals surface area contributed by atoms with E-state index in [-0.39, 0.29) is 5.41 Å². The van der Waals surface area contributed by atoms with Gasteiger partial charge in [0.2, 0.25) is 5.90 Å². The molecule has 2 aromatic rings. The number of esters is 1. The first kappa shape index (κ1) is 16.2. The molecule has 2 aromatic carbocycles. The Morgan fingerprint density at radius 1 is 1.00 bits per heavy atom. The van der Waals surface area contributed by atoms with E-state index in [0.29, 0.717) is 11.6 Å². The molecule has 122 valence electrons. The number of hydrogen-bond acceptors (Lipinski definition) is 3. The number of carbonyl (C=O) groups is 1. The van der Waals surface area contributed by atoms with E-state index < -0.39 is 5.97 Å². The lowest BCUT2D eigenvalue weighted by Gasteiger charge is -2.18. The Morgan fingerprint density at radius 3 is 2.29 bits per heavy atom. The highest BCUT2D eigenvalue weighted by atomic mass is 16.6. The summed E-state index contributed by atoms with van der Waals surface area (Å²) in [4.78, 5) is 16.5. The Morgan fingerprint density at radius 2 is 1.67 bits per heavy atom. The minimum absolute atomic E-state index is 0.105. The van der Waals surface area contributed by atoms with E-state index in [9.17, 15) is 4.79 Å². The van der Waals surface area contributed by atoms with Gasteiger partial charge in [-0.25, -0.2) is 9.79 Å². The van der Waals surface area contributed by atoms with Gasteiger partial charge in [0.05, 0.1) is 0 Å². The summed E-state index contributed by atoms with van der Waals surface area (Å²) in [6.07, 6.45) is 1.76. The number of aryl methyl sites for hydroxylation is 1. The quantitative estimate of drug-likeness (QED) is 0.597. The summed E-state index contributed by atoms with van der Waals surface area (Å²) in [7, 11) is 0. The fraction of sp³-hybridized carbons (Fsp3) is 0.238. The zero-order valence-electron chi connectivity index (χ0n) is 14.5. The van der Waals surface area contributed by atoms with Gasteiger partial charge in [-0.1, -0.05) is 63.2 Å². The minimum Gasteiger partial charge on any atom is -0.402 e. The first-order valence-corrected chi connectivity index (χ1v) is 8.04. The van der Waals surface area contributed by atoms with Crippen LogP contribution in [0.5, 0.6) is 0 Å². The van der Waals surface area contributed by atoms with Gasteiger partial charge in [-0.05, 0) is 41.2 Å². The summed E-state index contributed by atoms with van der Waals surface area (Å²) in [6, 6.07) is 15.9. The third-order valence-electron chi connectivity index (χ3n) is 4.08. The van der Waals surface area contributed by atoms with Crippen LogP contribution in [-0.2, 0) is 14.9 Å². The van der Waals surface area contributed by atoms with E-state index in [4.69, 9.17) is 4.74 Å². The van der Waals surface area contributed by atoms with Crippen LogP contribution >= 0.6 is 0 Å². The second kappa shape index (κ2) is 6.08. The number of benzene rings is 2. The van der Waals surface area contributed by atoms with Crippen LogP contribution in [0.4, 0.5) is 0 Å². The smallest absolute Gasteiger partial charge is 0.363 e. The molecule has 24 heavy (non-hydrogen) atoms. The van der Waals surface area contributed by atoms with E-state index in [1.807, 2.05) is 43.3 Å². The Labute approximate surface area is 142 Å². The SMILES string of the molecule is Cc1ccccc1C1=N/C(=C/c2ccc(C(C)(C)C)cc2)C(=O)O1. The lowest BCUT2D eigenvalue weighted by molar-refractivity contribution is -0.129. The number of nitrogens with zero attached hydrogens (tertiary/aromatic N) is 1. The second-order valence-electron chi connectivity index (χ2n) is 7.02. The molecule has 0 aliphatic carbocycles. The van der Waals surface area contributed by atoms with Gasteiger partial charge in [0.25, 0.3) is 0 Å². The standard InChI is InChI=1S/C21H21NO2/c1-14-7-5-6-8-17(14)19-22-18(20(23)24-19)13-15-9-11-16(12-10-15)21(2,3)4/h5-13H,1-4H3/b18-13+. The van der Waals surface area contributed by atoms with Crippen molar-refractivity contribution in [2.24, 2.45) is 4.99 Å². The fourth-order valence-corrected chi connectivity index (χ4v) is 2.57. The molecule has 0 bridgehead atoms. The van der Waals surface area contributed by atoms with Gasteiger partial charge >= 0.3 is 5.97 Å². The van der Waals surface area contributed by atoms with Crippen molar-refractivity contribution in [2.45, 2.75) is 33.1 Å². The topological polar surface area (TPSA) is 38.7 Å². The Balaban J connectivity index is 1.90. The van der Waals surface area contributed by atoms with E-state index >= 15 is 0 Å². The second-order valence-corrected chi connectivity index (χ2v) is 7.02. The van der Waals surface area contributed by atoms with Gasteiger partial charge in [-0.3, -0.25) is 0 Å². The molecule has 0 unspecified atom stereocenters. The molecule has 0 N–H and O–H groups in total. The molecule has 0 saturated heterocycles. The maximum Gasteiger partial charge on any atom is 0.363 e. The molecular weight excluding hydrogens is 298 g/mol. The number of carbonyl (C=O) groups excluding carboxylic acids is 1. The zero-order valence-corrected chi connectivity index (χ0v) is 14.5. The highest BCUT2D eigenvalue weighted by molar-refractivity contribution is 6.13. The summed E-state index contributed by atoms with van der Waals surface area (Å²) < 4.78 is 5.33. The van der Waals surface area contributed by atoms with Crippen LogP contribution in [0.2, 0.25) is 0 Å². The lowest BCUT2D eigenvalue weighted by atomic mass is 9.87. The monoisotopic (exact) mass is 319 g/mol. The Hall–Kier alpha value is -2.68. The lowest BCUT2D eigenvalue weighted by Crippen LogP contribution is -2.10. The van der Waals surface area contributed by atoms with Crippen LogP contribution in [0, 0.1) is 6.92 Å². The normalized spacial score (nSPS) is 16.2. The predicted octanol–water partition coefficient (Wildman–Crippen LogP) is 4.64. The Bertz CT molecular complexity index is 837. The van der Waals surface area contributed by atoms with Crippen LogP contribution in [0.15, 0.2) is 59.2 Å². The molecule has 0 radical (unpaired) electrons. The molecular formula is C21H21NO2. The molecule has 0 aromatic heterocycles. The summed E-state index contributed by atoms with van der Waals surface area (Å²) in [5.74, 6) is -0.0381. The Kier molecular flexibility index (Phi) is 4.10. The van der Waals surface area contributed by atoms with Gasteiger partial charge in [0.1, 0.15) is 0 Å². The minimum atomic E-state index is -0.409. The maximum absolute atomic E-state index is 12.1. The summed E-state index contributed by atoms with van der Waals surface area (Å²) >= 11 is 0. The fourth-order valence-electron chi connectivity index (χ4n) is 2.57. The molecule has 3 rings (SSSR count). The van der Waals surface area contributed by atoms with E-state index in [0.717, 1.165) is 16.7 Å². The van der Waals surface area contributed by atoms with Crippen LogP contribution in [-0.4, -0.2) is 11.9 Å². The van der Waals surface area contributed by atoms with Crippen molar-refractivity contribution in [3.63, 3.8) is 0 Å². The van der Waals surface area contributed by atoms with Gasteiger partial charge < -0.3 is 4.74 Å². The summed E-state index contributed by atoms with van der Waals surface area (Å²) in [6.45, 7) is 8.49. The van der Waals surface area contributed by atoms with Crippen molar-refractivity contribution in [2.75, 3.05) is 0 Å².